The number of ether oxygens (including phenoxy) is 2. The van der Waals surface area contributed by atoms with Gasteiger partial charge in [-0.15, -0.1) is 0 Å². The SMILES string of the molecule is CCOc1cc(-c2ccc(O)c(OCC)c2)ccc1O. The van der Waals surface area contributed by atoms with Gasteiger partial charge in [-0.2, -0.15) is 0 Å². The molecule has 0 aliphatic carbocycles. The number of phenols is 2. The summed E-state index contributed by atoms with van der Waals surface area (Å²) in [6.07, 6.45) is 0. The molecule has 0 saturated heterocycles. The van der Waals surface area contributed by atoms with Crippen LogP contribution < -0.4 is 9.47 Å². The Labute approximate surface area is 118 Å². The predicted molar refractivity (Wildman–Crippen MR) is 77.5 cm³/mol. The number of rotatable bonds is 5. The Balaban J connectivity index is 2.40. The highest BCUT2D eigenvalue weighted by Gasteiger charge is 2.08. The first-order valence-electron chi connectivity index (χ1n) is 6.57. The highest BCUT2D eigenvalue weighted by atomic mass is 16.5. The summed E-state index contributed by atoms with van der Waals surface area (Å²) < 4.78 is 10.7. The second-order valence-electron chi connectivity index (χ2n) is 4.23. The third kappa shape index (κ3) is 2.96. The van der Waals surface area contributed by atoms with Crippen molar-refractivity contribution >= 4 is 0 Å². The third-order valence-electron chi connectivity index (χ3n) is 2.85. The molecule has 0 aliphatic rings. The normalized spacial score (nSPS) is 10.3. The van der Waals surface area contributed by atoms with Crippen molar-refractivity contribution in [2.24, 2.45) is 0 Å². The summed E-state index contributed by atoms with van der Waals surface area (Å²) >= 11 is 0. The highest BCUT2D eigenvalue weighted by molar-refractivity contribution is 5.69. The molecule has 4 nitrogen and oxygen atoms in total. The Kier molecular flexibility index (Phi) is 4.35. The lowest BCUT2D eigenvalue weighted by atomic mass is 10.0. The number of phenolic OH excluding ortho intramolecular Hbond substituents is 2. The molecule has 0 bridgehead atoms. The molecule has 0 unspecified atom stereocenters. The Morgan fingerprint density at radius 2 is 1.15 bits per heavy atom. The fourth-order valence-corrected chi connectivity index (χ4v) is 1.93. The van der Waals surface area contributed by atoms with Gasteiger partial charge < -0.3 is 19.7 Å². The molecule has 0 aliphatic heterocycles. The van der Waals surface area contributed by atoms with E-state index in [1.165, 1.54) is 0 Å². The summed E-state index contributed by atoms with van der Waals surface area (Å²) in [5.74, 6) is 1.10. The van der Waals surface area contributed by atoms with Gasteiger partial charge in [-0.1, -0.05) is 12.1 Å². The van der Waals surface area contributed by atoms with Crippen LogP contribution in [0.3, 0.4) is 0 Å². The van der Waals surface area contributed by atoms with Crippen LogP contribution in [0.25, 0.3) is 11.1 Å². The molecule has 2 aromatic carbocycles. The molecule has 2 aromatic rings. The summed E-state index contributed by atoms with van der Waals surface area (Å²) in [4.78, 5) is 0. The van der Waals surface area contributed by atoms with Gasteiger partial charge in [0.1, 0.15) is 0 Å². The number of benzene rings is 2. The van der Waals surface area contributed by atoms with E-state index in [1.54, 1.807) is 36.4 Å². The van der Waals surface area contributed by atoms with Crippen molar-refractivity contribution in [2.45, 2.75) is 13.8 Å². The molecule has 4 heteroatoms. The van der Waals surface area contributed by atoms with E-state index in [-0.39, 0.29) is 11.5 Å². The van der Waals surface area contributed by atoms with E-state index in [4.69, 9.17) is 9.47 Å². The molecule has 2 rings (SSSR count). The Hall–Kier alpha value is -2.36. The fraction of sp³-hybridized carbons (Fsp3) is 0.250. The molecule has 0 heterocycles. The molecule has 0 radical (unpaired) electrons. The van der Waals surface area contributed by atoms with Gasteiger partial charge in [-0.3, -0.25) is 0 Å². The van der Waals surface area contributed by atoms with Gasteiger partial charge in [-0.05, 0) is 49.2 Å². The molecule has 0 amide bonds. The maximum atomic E-state index is 9.71. The molecule has 0 spiro atoms. The second-order valence-corrected chi connectivity index (χ2v) is 4.23. The topological polar surface area (TPSA) is 58.9 Å². The van der Waals surface area contributed by atoms with Gasteiger partial charge in [0.25, 0.3) is 0 Å². The van der Waals surface area contributed by atoms with Crippen molar-refractivity contribution < 1.29 is 19.7 Å². The summed E-state index contributed by atoms with van der Waals surface area (Å²) in [7, 11) is 0. The van der Waals surface area contributed by atoms with Gasteiger partial charge in [0.15, 0.2) is 23.0 Å². The Morgan fingerprint density at radius 3 is 1.50 bits per heavy atom. The zero-order chi connectivity index (χ0) is 14.5. The van der Waals surface area contributed by atoms with Crippen molar-refractivity contribution in [1.29, 1.82) is 0 Å². The summed E-state index contributed by atoms with van der Waals surface area (Å²) in [5.41, 5.74) is 1.76. The van der Waals surface area contributed by atoms with Crippen LogP contribution in [0.15, 0.2) is 36.4 Å². The smallest absolute Gasteiger partial charge is 0.161 e. The lowest BCUT2D eigenvalue weighted by Crippen LogP contribution is -1.93. The average Bonchev–Trinajstić information content (AvgIpc) is 2.44. The largest absolute Gasteiger partial charge is 0.504 e. The van der Waals surface area contributed by atoms with E-state index in [9.17, 15) is 10.2 Å². The van der Waals surface area contributed by atoms with Crippen LogP contribution in [-0.4, -0.2) is 23.4 Å². The van der Waals surface area contributed by atoms with E-state index in [0.29, 0.717) is 24.7 Å². The van der Waals surface area contributed by atoms with Crippen LogP contribution in [0.4, 0.5) is 0 Å². The minimum absolute atomic E-state index is 0.111. The number of aromatic hydroxyl groups is 2. The van der Waals surface area contributed by atoms with Gasteiger partial charge in [0, 0.05) is 0 Å². The number of hydrogen-bond acceptors (Lipinski definition) is 4. The van der Waals surface area contributed by atoms with Gasteiger partial charge in [0.05, 0.1) is 13.2 Å². The first-order valence-corrected chi connectivity index (χ1v) is 6.57. The van der Waals surface area contributed by atoms with Crippen molar-refractivity contribution in [3.63, 3.8) is 0 Å². The summed E-state index contributed by atoms with van der Waals surface area (Å²) in [6, 6.07) is 10.3. The molecule has 0 aromatic heterocycles. The molecule has 20 heavy (non-hydrogen) atoms. The van der Waals surface area contributed by atoms with Crippen molar-refractivity contribution in [1.82, 2.24) is 0 Å². The lowest BCUT2D eigenvalue weighted by molar-refractivity contribution is 0.317. The zero-order valence-corrected chi connectivity index (χ0v) is 11.6. The molecule has 2 N–H and O–H groups in total. The highest BCUT2D eigenvalue weighted by Crippen LogP contribution is 2.35. The maximum absolute atomic E-state index is 9.71. The second kappa shape index (κ2) is 6.19. The van der Waals surface area contributed by atoms with Crippen molar-refractivity contribution in [2.75, 3.05) is 13.2 Å². The zero-order valence-electron chi connectivity index (χ0n) is 11.6. The first kappa shape index (κ1) is 14.1. The van der Waals surface area contributed by atoms with E-state index < -0.39 is 0 Å². The molecule has 106 valence electrons. The Bertz CT molecular complexity index is 540. The van der Waals surface area contributed by atoms with Crippen molar-refractivity contribution in [3.05, 3.63) is 36.4 Å². The monoisotopic (exact) mass is 274 g/mol. The summed E-state index contributed by atoms with van der Waals surface area (Å²) in [5, 5.41) is 19.4. The number of hydrogen-bond donors (Lipinski definition) is 2. The van der Waals surface area contributed by atoms with Crippen LogP contribution >= 0.6 is 0 Å². The molecular formula is C16H18O4. The minimum atomic E-state index is 0.111. The first-order chi connectivity index (χ1) is 9.65. The van der Waals surface area contributed by atoms with Crippen LogP contribution in [0, 0.1) is 0 Å². The maximum Gasteiger partial charge on any atom is 0.161 e. The molecular weight excluding hydrogens is 256 g/mol. The van der Waals surface area contributed by atoms with Gasteiger partial charge in [0.2, 0.25) is 0 Å². The van der Waals surface area contributed by atoms with Crippen molar-refractivity contribution in [3.8, 4) is 34.1 Å². The van der Waals surface area contributed by atoms with Crippen LogP contribution in [0.5, 0.6) is 23.0 Å². The molecule has 0 atom stereocenters. The van der Waals surface area contributed by atoms with Gasteiger partial charge in [-0.25, -0.2) is 0 Å². The van der Waals surface area contributed by atoms with Crippen LogP contribution in [0.1, 0.15) is 13.8 Å². The standard InChI is InChI=1S/C16H18O4/c1-3-19-15-9-11(5-7-13(15)17)12-6-8-14(18)16(10-12)20-4-2/h5-10,17-18H,3-4H2,1-2H3. The van der Waals surface area contributed by atoms with E-state index in [1.807, 2.05) is 13.8 Å². The van der Waals surface area contributed by atoms with E-state index >= 15 is 0 Å². The van der Waals surface area contributed by atoms with Crippen LogP contribution in [0.2, 0.25) is 0 Å². The van der Waals surface area contributed by atoms with Crippen LogP contribution in [-0.2, 0) is 0 Å². The average molecular weight is 274 g/mol. The van der Waals surface area contributed by atoms with Gasteiger partial charge >= 0.3 is 0 Å². The van der Waals surface area contributed by atoms with E-state index in [0.717, 1.165) is 11.1 Å². The molecule has 0 saturated carbocycles. The third-order valence-corrected chi connectivity index (χ3v) is 2.85. The fourth-order valence-electron chi connectivity index (χ4n) is 1.93. The predicted octanol–water partition coefficient (Wildman–Crippen LogP) is 3.56. The Morgan fingerprint density at radius 1 is 0.750 bits per heavy atom. The molecule has 0 fully saturated rings. The minimum Gasteiger partial charge on any atom is -0.504 e. The lowest BCUT2D eigenvalue weighted by Gasteiger charge is -2.11. The summed E-state index contributed by atoms with van der Waals surface area (Å²) in [6.45, 7) is 4.69. The quantitative estimate of drug-likeness (QED) is 0.875. The van der Waals surface area contributed by atoms with E-state index in [2.05, 4.69) is 0 Å².